The zero-order valence-electron chi connectivity index (χ0n) is 15.1. The van der Waals surface area contributed by atoms with Crippen molar-refractivity contribution in [3.63, 3.8) is 0 Å². The number of rotatable bonds is 4. The van der Waals surface area contributed by atoms with E-state index < -0.39 is 0 Å². The minimum absolute atomic E-state index is 0.0717. The Kier molecular flexibility index (Phi) is 4.55. The number of fused-ring (bicyclic) bond motifs is 1. The molecule has 2 aliphatic rings. The van der Waals surface area contributed by atoms with E-state index in [0.717, 1.165) is 54.3 Å². The molecule has 136 valence electrons. The first-order valence-corrected chi connectivity index (χ1v) is 9.06. The van der Waals surface area contributed by atoms with E-state index in [1.165, 1.54) is 0 Å². The molecule has 4 rings (SSSR count). The number of anilines is 1. The van der Waals surface area contributed by atoms with Gasteiger partial charge in [-0.3, -0.25) is 4.99 Å². The smallest absolute Gasteiger partial charge is 0.214 e. The topological polar surface area (TPSA) is 83.7 Å². The number of hydrogen-bond donors (Lipinski definition) is 1. The Hall–Kier alpha value is -2.54. The summed E-state index contributed by atoms with van der Waals surface area (Å²) in [5, 5.41) is 9.70. The molecule has 1 N–H and O–H groups in total. The summed E-state index contributed by atoms with van der Waals surface area (Å²) in [6.07, 6.45) is 4.82. The second-order valence-corrected chi connectivity index (χ2v) is 6.99. The van der Waals surface area contributed by atoms with Crippen molar-refractivity contribution in [2.24, 2.45) is 4.99 Å². The molecular weight excluding hydrogens is 330 g/mol. The van der Waals surface area contributed by atoms with Crippen LogP contribution in [0, 0.1) is 0 Å². The first-order valence-electron chi connectivity index (χ1n) is 9.06. The highest BCUT2D eigenvalue weighted by atomic mass is 16.5. The van der Waals surface area contributed by atoms with E-state index in [1.54, 1.807) is 6.33 Å². The predicted molar refractivity (Wildman–Crippen MR) is 98.8 cm³/mol. The number of pyridine rings is 1. The molecular formula is C19H23N5O2. The minimum Gasteiger partial charge on any atom is -0.475 e. The van der Waals surface area contributed by atoms with Crippen LogP contribution in [0.25, 0.3) is 0 Å². The van der Waals surface area contributed by atoms with Gasteiger partial charge in [-0.25, -0.2) is 15.0 Å². The van der Waals surface area contributed by atoms with Crippen molar-refractivity contribution in [2.45, 2.75) is 45.4 Å². The fourth-order valence-electron chi connectivity index (χ4n) is 3.33. The molecule has 0 aliphatic carbocycles. The quantitative estimate of drug-likeness (QED) is 0.905. The van der Waals surface area contributed by atoms with Crippen molar-refractivity contribution in [3.05, 3.63) is 41.5 Å². The number of aliphatic hydroxyl groups is 1. The summed E-state index contributed by atoms with van der Waals surface area (Å²) in [5.41, 5.74) is 3.77. The lowest BCUT2D eigenvalue weighted by Gasteiger charge is -2.30. The van der Waals surface area contributed by atoms with Crippen molar-refractivity contribution in [1.29, 1.82) is 0 Å². The number of aliphatic hydroxyl groups excluding tert-OH is 1. The molecule has 0 bridgehead atoms. The number of nitrogens with zero attached hydrogens (tertiary/aromatic N) is 5. The lowest BCUT2D eigenvalue weighted by Crippen LogP contribution is -2.36. The molecule has 2 aromatic heterocycles. The minimum atomic E-state index is -0.203. The van der Waals surface area contributed by atoms with Gasteiger partial charge in [0.05, 0.1) is 30.2 Å². The van der Waals surface area contributed by atoms with Crippen LogP contribution < -0.4 is 9.64 Å². The van der Waals surface area contributed by atoms with Gasteiger partial charge in [0.1, 0.15) is 12.1 Å². The number of hydrogen-bond acceptors (Lipinski definition) is 7. The average Bonchev–Trinajstić information content (AvgIpc) is 3.05. The van der Waals surface area contributed by atoms with E-state index in [4.69, 9.17) is 4.74 Å². The van der Waals surface area contributed by atoms with Gasteiger partial charge in [0, 0.05) is 42.5 Å². The fraction of sp³-hybridized carbons (Fsp3) is 0.474. The number of piperidine rings is 1. The number of aromatic nitrogens is 3. The summed E-state index contributed by atoms with van der Waals surface area (Å²) in [5.74, 6) is 1.48. The van der Waals surface area contributed by atoms with Crippen molar-refractivity contribution in [3.8, 4) is 5.88 Å². The molecule has 0 saturated carbocycles. The zero-order chi connectivity index (χ0) is 18.1. The summed E-state index contributed by atoms with van der Waals surface area (Å²) >= 11 is 0. The van der Waals surface area contributed by atoms with Crippen LogP contribution in [0.1, 0.15) is 43.5 Å². The van der Waals surface area contributed by atoms with E-state index in [0.29, 0.717) is 12.4 Å². The van der Waals surface area contributed by atoms with Crippen LogP contribution in [-0.2, 0) is 6.54 Å². The monoisotopic (exact) mass is 353 g/mol. The number of ether oxygens (including phenoxy) is 1. The Morgan fingerprint density at radius 1 is 1.15 bits per heavy atom. The van der Waals surface area contributed by atoms with Crippen LogP contribution in [0.4, 0.5) is 5.82 Å². The third-order valence-corrected chi connectivity index (χ3v) is 4.66. The van der Waals surface area contributed by atoms with Gasteiger partial charge in [0.25, 0.3) is 0 Å². The first-order chi connectivity index (χ1) is 12.6. The van der Waals surface area contributed by atoms with Crippen molar-refractivity contribution >= 4 is 11.5 Å². The average molecular weight is 353 g/mol. The van der Waals surface area contributed by atoms with Crippen LogP contribution in [0.5, 0.6) is 5.88 Å². The van der Waals surface area contributed by atoms with Gasteiger partial charge in [0.2, 0.25) is 5.88 Å². The fourth-order valence-corrected chi connectivity index (χ4v) is 3.33. The van der Waals surface area contributed by atoms with Crippen LogP contribution >= 0.6 is 0 Å². The second kappa shape index (κ2) is 6.99. The van der Waals surface area contributed by atoms with Crippen molar-refractivity contribution in [2.75, 3.05) is 18.0 Å². The highest BCUT2D eigenvalue weighted by Gasteiger charge is 2.23. The summed E-state index contributed by atoms with van der Waals surface area (Å²) in [6, 6.07) is 3.93. The Morgan fingerprint density at radius 3 is 2.73 bits per heavy atom. The Balaban J connectivity index is 1.61. The van der Waals surface area contributed by atoms with Crippen molar-refractivity contribution < 1.29 is 9.84 Å². The zero-order valence-corrected chi connectivity index (χ0v) is 15.1. The molecule has 26 heavy (non-hydrogen) atoms. The summed E-state index contributed by atoms with van der Waals surface area (Å²) in [7, 11) is 0. The molecule has 0 amide bonds. The lowest BCUT2D eigenvalue weighted by molar-refractivity contribution is 0.145. The van der Waals surface area contributed by atoms with E-state index in [2.05, 4.69) is 24.8 Å². The first kappa shape index (κ1) is 16.9. The van der Waals surface area contributed by atoms with Crippen LogP contribution in [0.15, 0.2) is 29.6 Å². The van der Waals surface area contributed by atoms with Crippen LogP contribution in [-0.4, -0.2) is 51.1 Å². The maximum absolute atomic E-state index is 9.70. The van der Waals surface area contributed by atoms with Gasteiger partial charge in [0.15, 0.2) is 0 Å². The Labute approximate surface area is 152 Å². The normalized spacial score (nSPS) is 17.4. The second-order valence-electron chi connectivity index (χ2n) is 6.99. The molecule has 0 aromatic carbocycles. The summed E-state index contributed by atoms with van der Waals surface area (Å²) in [6.45, 7) is 6.18. The SMILES string of the molecule is CC(C)Oc1cc2c(cn1)CN=C2c1cc(N2CCC(O)CC2)ncn1. The molecule has 1 fully saturated rings. The Bertz CT molecular complexity index is 828. The van der Waals surface area contributed by atoms with E-state index >= 15 is 0 Å². The lowest BCUT2D eigenvalue weighted by atomic mass is 10.1. The molecule has 0 atom stereocenters. The van der Waals surface area contributed by atoms with Crippen molar-refractivity contribution in [1.82, 2.24) is 15.0 Å². The van der Waals surface area contributed by atoms with Gasteiger partial charge in [-0.05, 0) is 26.7 Å². The van der Waals surface area contributed by atoms with Gasteiger partial charge >= 0.3 is 0 Å². The molecule has 7 heteroatoms. The predicted octanol–water partition coefficient (Wildman–Crippen LogP) is 1.97. The molecule has 0 unspecified atom stereocenters. The largest absolute Gasteiger partial charge is 0.475 e. The van der Waals surface area contributed by atoms with E-state index in [1.807, 2.05) is 32.2 Å². The molecule has 2 aromatic rings. The molecule has 4 heterocycles. The highest BCUT2D eigenvalue weighted by Crippen LogP contribution is 2.26. The van der Waals surface area contributed by atoms with Gasteiger partial charge in [-0.2, -0.15) is 0 Å². The Morgan fingerprint density at radius 2 is 1.96 bits per heavy atom. The molecule has 1 saturated heterocycles. The maximum Gasteiger partial charge on any atom is 0.214 e. The third-order valence-electron chi connectivity index (χ3n) is 4.66. The van der Waals surface area contributed by atoms with Gasteiger partial charge < -0.3 is 14.7 Å². The van der Waals surface area contributed by atoms with Crippen LogP contribution in [0.3, 0.4) is 0 Å². The van der Waals surface area contributed by atoms with E-state index in [-0.39, 0.29) is 12.2 Å². The summed E-state index contributed by atoms with van der Waals surface area (Å²) in [4.78, 5) is 20.1. The van der Waals surface area contributed by atoms with Gasteiger partial charge in [-0.1, -0.05) is 0 Å². The molecule has 0 radical (unpaired) electrons. The van der Waals surface area contributed by atoms with Gasteiger partial charge in [-0.15, -0.1) is 0 Å². The van der Waals surface area contributed by atoms with E-state index in [9.17, 15) is 5.11 Å². The molecule has 7 nitrogen and oxygen atoms in total. The number of aliphatic imine (C=N–C) groups is 1. The maximum atomic E-state index is 9.70. The third kappa shape index (κ3) is 3.39. The summed E-state index contributed by atoms with van der Waals surface area (Å²) < 4.78 is 5.72. The molecule has 2 aliphatic heterocycles. The standard InChI is InChI=1S/C19H23N5O2/c1-12(2)26-18-7-15-13(9-20-18)10-21-19(15)16-8-17(23-11-22-16)24-5-3-14(25)4-6-24/h7-9,11-12,14,25H,3-6,10H2,1-2H3. The molecule has 0 spiro atoms. The van der Waals surface area contributed by atoms with Crippen LogP contribution in [0.2, 0.25) is 0 Å². The highest BCUT2D eigenvalue weighted by molar-refractivity contribution is 6.14.